The fraction of sp³-hybridized carbons (Fsp3) is 0.346. The van der Waals surface area contributed by atoms with E-state index in [1.54, 1.807) is 18.5 Å². The molecule has 2 aliphatic heterocycles. The molecule has 7 heteroatoms. The summed E-state index contributed by atoms with van der Waals surface area (Å²) in [5.74, 6) is -0.166. The van der Waals surface area contributed by atoms with E-state index in [4.69, 9.17) is 4.74 Å². The number of hydrogen-bond donors (Lipinski definition) is 1. The molecule has 0 unspecified atom stereocenters. The fourth-order valence-electron chi connectivity index (χ4n) is 4.71. The van der Waals surface area contributed by atoms with Crippen LogP contribution in [-0.4, -0.2) is 51.9 Å². The highest BCUT2D eigenvalue weighted by Crippen LogP contribution is 2.38. The number of benzene rings is 1. The van der Waals surface area contributed by atoms with Gasteiger partial charge >= 0.3 is 0 Å². The predicted octanol–water partition coefficient (Wildman–Crippen LogP) is 3.76. The number of carbonyl (C=O) groups excluding carboxylic acids is 1. The van der Waals surface area contributed by atoms with Crippen molar-refractivity contribution in [3.05, 3.63) is 72.3 Å². The van der Waals surface area contributed by atoms with Crippen molar-refractivity contribution in [2.45, 2.75) is 25.4 Å². The lowest BCUT2D eigenvalue weighted by atomic mass is 9.78. The molecule has 1 saturated carbocycles. The molecule has 6 rings (SSSR count). The molecule has 0 bridgehead atoms. The average Bonchev–Trinajstić information content (AvgIpc) is 3.51. The first-order valence-electron chi connectivity index (χ1n) is 11.5. The Kier molecular flexibility index (Phi) is 5.08. The molecule has 0 atom stereocenters. The summed E-state index contributed by atoms with van der Waals surface area (Å²) in [5.41, 5.74) is 5.43. The first kappa shape index (κ1) is 20.3. The number of nitrogens with one attached hydrogen (secondary N) is 1. The third-order valence-corrected chi connectivity index (χ3v) is 6.66. The van der Waals surface area contributed by atoms with Crippen LogP contribution in [0.4, 0.5) is 5.69 Å². The van der Waals surface area contributed by atoms with Crippen molar-refractivity contribution in [2.24, 2.45) is 5.41 Å². The Morgan fingerprint density at radius 2 is 1.97 bits per heavy atom. The van der Waals surface area contributed by atoms with Gasteiger partial charge in [0.25, 0.3) is 0 Å². The third kappa shape index (κ3) is 4.34. The number of hydrogen-bond acceptors (Lipinski definition) is 5. The van der Waals surface area contributed by atoms with Crippen LogP contribution in [0.1, 0.15) is 30.0 Å². The topological polar surface area (TPSA) is 72.3 Å². The van der Waals surface area contributed by atoms with Gasteiger partial charge in [0.15, 0.2) is 0 Å². The van der Waals surface area contributed by atoms with Crippen molar-refractivity contribution in [3.63, 3.8) is 0 Å². The molecule has 1 amide bonds. The first-order valence-corrected chi connectivity index (χ1v) is 11.5. The molecule has 168 valence electrons. The largest absolute Gasteiger partial charge is 0.380 e. The highest BCUT2D eigenvalue weighted by molar-refractivity contribution is 6.02. The predicted molar refractivity (Wildman–Crippen MR) is 126 cm³/mol. The van der Waals surface area contributed by atoms with Crippen LogP contribution < -0.4 is 5.32 Å². The summed E-state index contributed by atoms with van der Waals surface area (Å²) < 4.78 is 7.37. The van der Waals surface area contributed by atoms with Crippen molar-refractivity contribution in [1.29, 1.82) is 0 Å². The lowest BCUT2D eigenvalue weighted by molar-refractivity contribution is -0.191. The van der Waals surface area contributed by atoms with E-state index in [1.165, 1.54) is 18.4 Å². The summed E-state index contributed by atoms with van der Waals surface area (Å²) >= 11 is 0. The molecule has 3 aromatic rings. The number of anilines is 1. The van der Waals surface area contributed by atoms with Crippen molar-refractivity contribution in [1.82, 2.24) is 19.7 Å². The summed E-state index contributed by atoms with van der Waals surface area (Å²) in [5, 5.41) is 7.43. The quantitative estimate of drug-likeness (QED) is 0.565. The normalized spacial score (nSPS) is 19.4. The Morgan fingerprint density at radius 1 is 1.15 bits per heavy atom. The van der Waals surface area contributed by atoms with Crippen LogP contribution in [0.3, 0.4) is 0 Å². The number of pyridine rings is 1. The van der Waals surface area contributed by atoms with E-state index in [2.05, 4.69) is 38.6 Å². The number of aromatic nitrogens is 3. The fourth-order valence-corrected chi connectivity index (χ4v) is 4.71. The Bertz CT molecular complexity index is 1180. The van der Waals surface area contributed by atoms with E-state index < -0.39 is 0 Å². The van der Waals surface area contributed by atoms with E-state index in [9.17, 15) is 4.79 Å². The molecule has 1 aromatic carbocycles. The molecule has 1 spiro atoms. The third-order valence-electron chi connectivity index (χ3n) is 6.66. The van der Waals surface area contributed by atoms with Gasteiger partial charge in [-0.2, -0.15) is 5.10 Å². The van der Waals surface area contributed by atoms with Crippen LogP contribution in [0, 0.1) is 5.41 Å². The first-order chi connectivity index (χ1) is 16.2. The van der Waals surface area contributed by atoms with Crippen LogP contribution in [0.5, 0.6) is 0 Å². The van der Waals surface area contributed by atoms with E-state index in [1.807, 2.05) is 35.2 Å². The van der Waals surface area contributed by atoms with Crippen molar-refractivity contribution < 1.29 is 9.53 Å². The van der Waals surface area contributed by atoms with Gasteiger partial charge in [-0.05, 0) is 48.2 Å². The molecule has 1 N–H and O–H groups in total. The number of amides is 1. The van der Waals surface area contributed by atoms with Gasteiger partial charge in [-0.3, -0.25) is 19.4 Å². The second kappa shape index (κ2) is 8.24. The van der Waals surface area contributed by atoms with Gasteiger partial charge in [-0.25, -0.2) is 0 Å². The van der Waals surface area contributed by atoms with E-state index in [-0.39, 0.29) is 5.91 Å². The molecular formula is C26H27N5O2. The zero-order chi connectivity index (χ0) is 22.3. The molecule has 3 aliphatic rings. The van der Waals surface area contributed by atoms with Crippen LogP contribution >= 0.6 is 0 Å². The van der Waals surface area contributed by atoms with E-state index in [0.717, 1.165) is 55.2 Å². The van der Waals surface area contributed by atoms with Crippen molar-refractivity contribution in [3.8, 4) is 11.1 Å². The Labute approximate surface area is 193 Å². The Balaban J connectivity index is 1.06. The monoisotopic (exact) mass is 441 g/mol. The molecule has 33 heavy (non-hydrogen) atoms. The molecule has 0 radical (unpaired) electrons. The minimum Gasteiger partial charge on any atom is -0.380 e. The number of nitrogens with zero attached hydrogens (tertiary/aromatic N) is 4. The SMILES string of the molecule is O=C(/C=C/c1cnccc1-c1cnn(C2CC2)c1)Nc1ccc(CN2CC3(COC3)C2)cc1. The standard InChI is InChI=1S/C26H27N5O2/c32-25(29-22-4-1-19(2-5-22)13-30-15-26(16-30)17-33-18-26)8-3-20-11-27-10-9-24(20)21-12-28-31(14-21)23-6-7-23/h1-5,8-12,14,23H,6-7,13,15-18H2,(H,29,32)/b8-3+. The number of ether oxygens (including phenoxy) is 1. The molecule has 4 heterocycles. The van der Waals surface area contributed by atoms with Crippen LogP contribution in [0.25, 0.3) is 17.2 Å². The van der Waals surface area contributed by atoms with Gasteiger partial charge in [0, 0.05) is 66.5 Å². The van der Waals surface area contributed by atoms with Gasteiger partial charge in [-0.1, -0.05) is 12.1 Å². The van der Waals surface area contributed by atoms with E-state index >= 15 is 0 Å². The summed E-state index contributed by atoms with van der Waals surface area (Å²) in [4.78, 5) is 19.2. The van der Waals surface area contributed by atoms with Gasteiger partial charge in [-0.15, -0.1) is 0 Å². The molecule has 2 saturated heterocycles. The zero-order valence-corrected chi connectivity index (χ0v) is 18.5. The average molecular weight is 442 g/mol. The smallest absolute Gasteiger partial charge is 0.248 e. The number of likely N-dealkylation sites (tertiary alicyclic amines) is 1. The van der Waals surface area contributed by atoms with Crippen molar-refractivity contribution in [2.75, 3.05) is 31.6 Å². The second-order valence-electron chi connectivity index (χ2n) is 9.56. The second-order valence-corrected chi connectivity index (χ2v) is 9.56. The highest BCUT2D eigenvalue weighted by Gasteiger charge is 2.48. The van der Waals surface area contributed by atoms with Gasteiger partial charge in [0.05, 0.1) is 25.5 Å². The number of rotatable bonds is 7. The van der Waals surface area contributed by atoms with Gasteiger partial charge in [0.2, 0.25) is 5.91 Å². The molecule has 7 nitrogen and oxygen atoms in total. The maximum Gasteiger partial charge on any atom is 0.248 e. The molecular weight excluding hydrogens is 414 g/mol. The minimum absolute atomic E-state index is 0.166. The van der Waals surface area contributed by atoms with Crippen LogP contribution in [0.15, 0.2) is 61.2 Å². The summed E-state index contributed by atoms with van der Waals surface area (Å²) in [6, 6.07) is 10.6. The number of carbonyl (C=O) groups is 1. The lowest BCUT2D eigenvalue weighted by Gasteiger charge is -2.55. The summed E-state index contributed by atoms with van der Waals surface area (Å²) in [6.45, 7) is 5.00. The minimum atomic E-state index is -0.166. The maximum absolute atomic E-state index is 12.5. The highest BCUT2D eigenvalue weighted by atomic mass is 16.5. The van der Waals surface area contributed by atoms with Crippen LogP contribution in [0.2, 0.25) is 0 Å². The Morgan fingerprint density at radius 3 is 2.70 bits per heavy atom. The summed E-state index contributed by atoms with van der Waals surface area (Å²) in [6.07, 6.45) is 13.3. The van der Waals surface area contributed by atoms with Gasteiger partial charge < -0.3 is 10.1 Å². The van der Waals surface area contributed by atoms with E-state index in [0.29, 0.717) is 11.5 Å². The molecule has 2 aromatic heterocycles. The summed E-state index contributed by atoms with van der Waals surface area (Å²) in [7, 11) is 0. The van der Waals surface area contributed by atoms with Gasteiger partial charge in [0.1, 0.15) is 0 Å². The Hall–Kier alpha value is -3.29. The zero-order valence-electron chi connectivity index (χ0n) is 18.5. The molecule has 3 fully saturated rings. The van der Waals surface area contributed by atoms with Crippen LogP contribution in [-0.2, 0) is 16.1 Å². The van der Waals surface area contributed by atoms with Crippen molar-refractivity contribution >= 4 is 17.7 Å². The lowest BCUT2D eigenvalue weighted by Crippen LogP contribution is -2.65. The maximum atomic E-state index is 12.5. The molecule has 1 aliphatic carbocycles.